The molecule has 1 nitrogen and oxygen atoms in total. The Morgan fingerprint density at radius 2 is 2.33 bits per heavy atom. The molecule has 0 aromatic rings. The van der Waals surface area contributed by atoms with Gasteiger partial charge in [-0.3, -0.25) is 4.90 Å². The molecule has 0 saturated carbocycles. The van der Waals surface area contributed by atoms with Gasteiger partial charge in [0, 0.05) is 25.1 Å². The first kappa shape index (κ1) is 9.57. The Hall–Kier alpha value is -0.520. The van der Waals surface area contributed by atoms with E-state index in [2.05, 4.69) is 37.5 Å². The topological polar surface area (TPSA) is 3.24 Å². The molecule has 0 spiro atoms. The van der Waals surface area contributed by atoms with Crippen LogP contribution in [0, 0.1) is 12.0 Å². The maximum absolute atomic E-state index is 3.25. The summed E-state index contributed by atoms with van der Waals surface area (Å²) in [7, 11) is 0. The van der Waals surface area contributed by atoms with Crippen molar-refractivity contribution in [2.75, 3.05) is 19.6 Å². The predicted molar refractivity (Wildman–Crippen MR) is 51.8 cm³/mol. The van der Waals surface area contributed by atoms with Crippen LogP contribution in [0.1, 0.15) is 27.2 Å². The van der Waals surface area contributed by atoms with Crippen LogP contribution in [-0.2, 0) is 0 Å². The van der Waals surface area contributed by atoms with E-state index in [-0.39, 0.29) is 0 Å². The van der Waals surface area contributed by atoms with Crippen LogP contribution in [0.3, 0.4) is 0 Å². The minimum Gasteiger partial charge on any atom is -0.298 e. The summed E-state index contributed by atoms with van der Waals surface area (Å²) in [5.74, 6) is 0.536. The summed E-state index contributed by atoms with van der Waals surface area (Å²) in [5.41, 5.74) is 4.52. The van der Waals surface area contributed by atoms with Crippen LogP contribution < -0.4 is 0 Å². The zero-order valence-corrected chi connectivity index (χ0v) is 8.35. The van der Waals surface area contributed by atoms with E-state index in [1.807, 2.05) is 0 Å². The standard InChI is InChI=1S/C11H18N/c1-4-7-12-8-10(2)5-6-11(3)9-12/h10H,4,7-9H2,1-3H3. The van der Waals surface area contributed by atoms with Gasteiger partial charge in [0.2, 0.25) is 0 Å². The zero-order valence-electron chi connectivity index (χ0n) is 8.35. The van der Waals surface area contributed by atoms with Crippen molar-refractivity contribution < 1.29 is 0 Å². The lowest BCUT2D eigenvalue weighted by Gasteiger charge is -2.21. The molecule has 0 saturated heterocycles. The van der Waals surface area contributed by atoms with Gasteiger partial charge < -0.3 is 0 Å². The van der Waals surface area contributed by atoms with E-state index in [1.165, 1.54) is 18.5 Å². The molecule has 0 amide bonds. The monoisotopic (exact) mass is 164 g/mol. The van der Waals surface area contributed by atoms with Crippen LogP contribution in [0.4, 0.5) is 0 Å². The first-order valence-electron chi connectivity index (χ1n) is 4.78. The Bertz CT molecular complexity index is 199. The van der Waals surface area contributed by atoms with Crippen molar-refractivity contribution in [2.24, 2.45) is 5.92 Å². The van der Waals surface area contributed by atoms with Gasteiger partial charge in [0.25, 0.3) is 0 Å². The molecule has 12 heavy (non-hydrogen) atoms. The molecule has 1 aliphatic heterocycles. The van der Waals surface area contributed by atoms with Gasteiger partial charge in [-0.15, -0.1) is 5.73 Å². The predicted octanol–water partition coefficient (Wildman–Crippen LogP) is 2.25. The Morgan fingerprint density at radius 1 is 1.58 bits per heavy atom. The van der Waals surface area contributed by atoms with Crippen LogP contribution in [0.2, 0.25) is 0 Å². The fourth-order valence-electron chi connectivity index (χ4n) is 1.61. The first-order chi connectivity index (χ1) is 5.72. The van der Waals surface area contributed by atoms with Gasteiger partial charge in [-0.2, -0.15) is 0 Å². The summed E-state index contributed by atoms with van der Waals surface area (Å²) in [6, 6.07) is 0. The highest BCUT2D eigenvalue weighted by atomic mass is 15.1. The lowest BCUT2D eigenvalue weighted by molar-refractivity contribution is 0.275. The number of hydrogen-bond acceptors (Lipinski definition) is 1. The summed E-state index contributed by atoms with van der Waals surface area (Å²) in [5, 5.41) is 0. The van der Waals surface area contributed by atoms with Crippen molar-refractivity contribution in [3.05, 3.63) is 17.4 Å². The zero-order chi connectivity index (χ0) is 8.97. The third kappa shape index (κ3) is 2.84. The minimum atomic E-state index is 0.536. The smallest absolute Gasteiger partial charge is 0.0265 e. The van der Waals surface area contributed by atoms with Crippen molar-refractivity contribution in [3.8, 4) is 0 Å². The third-order valence-electron chi connectivity index (χ3n) is 2.06. The molecule has 0 N–H and O–H groups in total. The van der Waals surface area contributed by atoms with Crippen molar-refractivity contribution >= 4 is 0 Å². The molecule has 1 heterocycles. The molecule has 1 heteroatoms. The van der Waals surface area contributed by atoms with Crippen LogP contribution in [0.5, 0.6) is 0 Å². The second-order valence-corrected chi connectivity index (χ2v) is 3.69. The highest BCUT2D eigenvalue weighted by Crippen LogP contribution is 2.08. The van der Waals surface area contributed by atoms with E-state index >= 15 is 0 Å². The van der Waals surface area contributed by atoms with E-state index in [9.17, 15) is 0 Å². The van der Waals surface area contributed by atoms with Gasteiger partial charge in [0.1, 0.15) is 0 Å². The Labute approximate surface area is 75.8 Å². The van der Waals surface area contributed by atoms with E-state index in [4.69, 9.17) is 0 Å². The summed E-state index contributed by atoms with van der Waals surface area (Å²) in [4.78, 5) is 2.48. The lowest BCUT2D eigenvalue weighted by atomic mass is 10.2. The molecule has 67 valence electrons. The molecule has 0 aromatic carbocycles. The SMILES string of the molecule is CCCN1CC(C)=C=[C]C(C)C1. The lowest BCUT2D eigenvalue weighted by Crippen LogP contribution is -2.29. The molecule has 1 radical (unpaired) electrons. The molecule has 1 aliphatic rings. The largest absolute Gasteiger partial charge is 0.298 e. The number of nitrogens with zero attached hydrogens (tertiary/aromatic N) is 1. The Morgan fingerprint density at radius 3 is 3.00 bits per heavy atom. The van der Waals surface area contributed by atoms with Gasteiger partial charge in [-0.1, -0.05) is 13.8 Å². The molecule has 0 aromatic heterocycles. The molecule has 0 fully saturated rings. The quantitative estimate of drug-likeness (QED) is 0.566. The highest BCUT2D eigenvalue weighted by Gasteiger charge is 2.10. The number of rotatable bonds is 2. The molecule has 1 rings (SSSR count). The summed E-state index contributed by atoms with van der Waals surface area (Å²) in [6.07, 6.45) is 4.49. The maximum atomic E-state index is 3.25. The van der Waals surface area contributed by atoms with Crippen LogP contribution >= 0.6 is 0 Å². The Balaban J connectivity index is 2.56. The van der Waals surface area contributed by atoms with Crippen LogP contribution in [0.15, 0.2) is 11.3 Å². The van der Waals surface area contributed by atoms with Crippen molar-refractivity contribution in [1.82, 2.24) is 4.90 Å². The fourth-order valence-corrected chi connectivity index (χ4v) is 1.61. The van der Waals surface area contributed by atoms with Gasteiger partial charge >= 0.3 is 0 Å². The summed E-state index contributed by atoms with van der Waals surface area (Å²) < 4.78 is 0. The third-order valence-corrected chi connectivity index (χ3v) is 2.06. The average molecular weight is 164 g/mol. The fraction of sp³-hybridized carbons (Fsp3) is 0.727. The molecular formula is C11H18N. The highest BCUT2D eigenvalue weighted by molar-refractivity contribution is 5.02. The van der Waals surface area contributed by atoms with Gasteiger partial charge in [-0.05, 0) is 25.5 Å². The van der Waals surface area contributed by atoms with Crippen molar-refractivity contribution in [3.63, 3.8) is 0 Å². The molecule has 0 aliphatic carbocycles. The van der Waals surface area contributed by atoms with Crippen molar-refractivity contribution in [1.29, 1.82) is 0 Å². The molecular weight excluding hydrogens is 146 g/mol. The van der Waals surface area contributed by atoms with Crippen molar-refractivity contribution in [2.45, 2.75) is 27.2 Å². The maximum Gasteiger partial charge on any atom is 0.0265 e. The van der Waals surface area contributed by atoms with Gasteiger partial charge in [0.15, 0.2) is 0 Å². The summed E-state index contributed by atoms with van der Waals surface area (Å²) in [6.45, 7) is 9.97. The van der Waals surface area contributed by atoms with E-state index in [1.54, 1.807) is 0 Å². The number of hydrogen-bond donors (Lipinski definition) is 0. The first-order valence-corrected chi connectivity index (χ1v) is 4.78. The van der Waals surface area contributed by atoms with Crippen LogP contribution in [0.25, 0.3) is 0 Å². The van der Waals surface area contributed by atoms with Crippen LogP contribution in [-0.4, -0.2) is 24.5 Å². The minimum absolute atomic E-state index is 0.536. The Kier molecular flexibility index (Phi) is 3.58. The average Bonchev–Trinajstić information content (AvgIpc) is 2.14. The van der Waals surface area contributed by atoms with E-state index in [0.717, 1.165) is 13.1 Å². The normalized spacial score (nSPS) is 25.2. The van der Waals surface area contributed by atoms with E-state index < -0.39 is 0 Å². The van der Waals surface area contributed by atoms with Gasteiger partial charge in [-0.25, -0.2) is 0 Å². The van der Waals surface area contributed by atoms with E-state index in [0.29, 0.717) is 5.92 Å². The molecule has 1 unspecified atom stereocenters. The molecule has 1 atom stereocenters. The second kappa shape index (κ2) is 4.49. The van der Waals surface area contributed by atoms with Gasteiger partial charge in [0.05, 0.1) is 0 Å². The summed E-state index contributed by atoms with van der Waals surface area (Å²) >= 11 is 0. The second-order valence-electron chi connectivity index (χ2n) is 3.69. The molecule has 0 bridgehead atoms.